The maximum atomic E-state index is 14.8. The Balaban J connectivity index is 1.40. The third-order valence-corrected chi connectivity index (χ3v) is 5.83. The minimum absolute atomic E-state index is 0.0621. The molecule has 0 aliphatic carbocycles. The van der Waals surface area contributed by atoms with Crippen LogP contribution >= 0.6 is 0 Å². The maximum absolute atomic E-state index is 14.8. The molecule has 0 N–H and O–H groups in total. The summed E-state index contributed by atoms with van der Waals surface area (Å²) in [6, 6.07) is 17.8. The highest BCUT2D eigenvalue weighted by Crippen LogP contribution is 2.33. The molecule has 5 rings (SSSR count). The normalized spacial score (nSPS) is 17.8. The molecular weight excluding hydrogens is 426 g/mol. The predicted molar refractivity (Wildman–Crippen MR) is 120 cm³/mol. The van der Waals surface area contributed by atoms with Gasteiger partial charge in [-0.3, -0.25) is 4.79 Å². The topological polar surface area (TPSA) is 60.2 Å². The van der Waals surface area contributed by atoms with Crippen molar-refractivity contribution in [3.05, 3.63) is 78.8 Å². The second-order valence-electron chi connectivity index (χ2n) is 8.18. The van der Waals surface area contributed by atoms with Gasteiger partial charge in [0, 0.05) is 48.8 Å². The number of aromatic nitrogens is 3. The molecular formula is C25H22F2N4O2. The Morgan fingerprint density at radius 1 is 1.09 bits per heavy atom. The minimum atomic E-state index is -3.08. The van der Waals surface area contributed by atoms with Crippen molar-refractivity contribution in [2.75, 3.05) is 13.1 Å². The van der Waals surface area contributed by atoms with Gasteiger partial charge in [0.1, 0.15) is 0 Å². The highest BCUT2D eigenvalue weighted by molar-refractivity contribution is 6.00. The first-order valence-corrected chi connectivity index (χ1v) is 10.7. The Kier molecular flexibility index (Phi) is 5.28. The second-order valence-corrected chi connectivity index (χ2v) is 8.18. The average molecular weight is 448 g/mol. The van der Waals surface area contributed by atoms with Crippen LogP contribution in [0.15, 0.2) is 73.2 Å². The summed E-state index contributed by atoms with van der Waals surface area (Å²) in [7, 11) is 1.84. The number of amides is 1. The molecule has 2 aromatic carbocycles. The van der Waals surface area contributed by atoms with E-state index in [1.165, 1.54) is 4.90 Å². The zero-order valence-electron chi connectivity index (χ0n) is 18.0. The van der Waals surface area contributed by atoms with Crippen molar-refractivity contribution in [1.29, 1.82) is 0 Å². The fourth-order valence-corrected chi connectivity index (χ4v) is 4.05. The van der Waals surface area contributed by atoms with E-state index in [0.717, 1.165) is 5.39 Å². The number of imidazole rings is 1. The van der Waals surface area contributed by atoms with Crippen LogP contribution in [-0.4, -0.2) is 50.5 Å². The van der Waals surface area contributed by atoms with Gasteiger partial charge in [-0.25, -0.2) is 18.7 Å². The molecule has 1 fully saturated rings. The summed E-state index contributed by atoms with van der Waals surface area (Å²) in [4.78, 5) is 23.5. The van der Waals surface area contributed by atoms with Gasteiger partial charge in [-0.1, -0.05) is 36.4 Å². The molecule has 3 heterocycles. The quantitative estimate of drug-likeness (QED) is 0.459. The number of likely N-dealkylation sites (tertiary alicyclic amines) is 1. The van der Waals surface area contributed by atoms with E-state index in [1.807, 2.05) is 37.5 Å². The number of pyridine rings is 1. The van der Waals surface area contributed by atoms with Crippen molar-refractivity contribution in [3.8, 4) is 17.1 Å². The van der Waals surface area contributed by atoms with Gasteiger partial charge in [0.25, 0.3) is 11.8 Å². The fourth-order valence-electron chi connectivity index (χ4n) is 4.05. The summed E-state index contributed by atoms with van der Waals surface area (Å²) in [5, 5.41) is 0.892. The van der Waals surface area contributed by atoms with Gasteiger partial charge in [-0.2, -0.15) is 0 Å². The van der Waals surface area contributed by atoms with Crippen LogP contribution in [0, 0.1) is 0 Å². The van der Waals surface area contributed by atoms with Crippen molar-refractivity contribution in [2.45, 2.75) is 18.4 Å². The van der Waals surface area contributed by atoms with E-state index >= 15 is 0 Å². The van der Waals surface area contributed by atoms with Crippen LogP contribution in [0.25, 0.3) is 22.2 Å². The van der Waals surface area contributed by atoms with Crippen LogP contribution in [0.1, 0.15) is 16.8 Å². The Hall–Kier alpha value is -3.81. The molecule has 0 saturated carbocycles. The van der Waals surface area contributed by atoms with Crippen molar-refractivity contribution < 1.29 is 18.3 Å². The van der Waals surface area contributed by atoms with E-state index in [0.29, 0.717) is 22.3 Å². The number of nitrogens with zero attached hydrogens (tertiary/aromatic N) is 4. The molecule has 1 atom stereocenters. The molecule has 0 radical (unpaired) electrons. The number of hydrogen-bond donors (Lipinski definition) is 0. The molecule has 4 aromatic rings. The summed E-state index contributed by atoms with van der Waals surface area (Å²) in [6.07, 6.45) is 1.49. The van der Waals surface area contributed by atoms with Gasteiger partial charge in [0.2, 0.25) is 5.88 Å². The van der Waals surface area contributed by atoms with Gasteiger partial charge in [0.05, 0.1) is 24.1 Å². The molecule has 168 valence electrons. The Labute approximate surface area is 189 Å². The number of piperidine rings is 1. The average Bonchev–Trinajstić information content (AvgIpc) is 3.26. The summed E-state index contributed by atoms with van der Waals surface area (Å²) in [5.74, 6) is -3.29. The van der Waals surface area contributed by atoms with Crippen molar-refractivity contribution >= 4 is 16.8 Å². The van der Waals surface area contributed by atoms with Gasteiger partial charge in [-0.05, 0) is 18.2 Å². The first-order valence-electron chi connectivity index (χ1n) is 10.7. The number of halogens is 2. The molecule has 0 bridgehead atoms. The largest absolute Gasteiger partial charge is 0.466 e. The lowest BCUT2D eigenvalue weighted by Crippen LogP contribution is -2.55. The first kappa shape index (κ1) is 21.1. The highest BCUT2D eigenvalue weighted by atomic mass is 19.3. The molecule has 8 heteroatoms. The van der Waals surface area contributed by atoms with Gasteiger partial charge in [-0.15, -0.1) is 0 Å². The lowest BCUT2D eigenvalue weighted by Gasteiger charge is -2.38. The van der Waals surface area contributed by atoms with E-state index in [-0.39, 0.29) is 24.9 Å². The third kappa shape index (κ3) is 4.16. The summed E-state index contributed by atoms with van der Waals surface area (Å²) >= 11 is 0. The van der Waals surface area contributed by atoms with Crippen molar-refractivity contribution in [3.63, 3.8) is 0 Å². The Bertz CT molecular complexity index is 1320. The molecule has 33 heavy (non-hydrogen) atoms. The number of hydrogen-bond acceptors (Lipinski definition) is 4. The van der Waals surface area contributed by atoms with E-state index in [4.69, 9.17) is 4.74 Å². The van der Waals surface area contributed by atoms with Crippen molar-refractivity contribution in [2.24, 2.45) is 7.05 Å². The number of aryl methyl sites for hydroxylation is 1. The first-order chi connectivity index (χ1) is 15.9. The van der Waals surface area contributed by atoms with Crippen LogP contribution in [0.5, 0.6) is 5.88 Å². The second kappa shape index (κ2) is 8.27. The Morgan fingerprint density at radius 2 is 1.88 bits per heavy atom. The smallest absolute Gasteiger partial charge is 0.287 e. The summed E-state index contributed by atoms with van der Waals surface area (Å²) in [5.41, 5.74) is 2.39. The Morgan fingerprint density at radius 3 is 2.70 bits per heavy atom. The molecule has 1 aliphatic heterocycles. The fraction of sp³-hybridized carbons (Fsp3) is 0.240. The van der Waals surface area contributed by atoms with Gasteiger partial charge in [0.15, 0.2) is 6.10 Å². The molecule has 2 aromatic heterocycles. The van der Waals surface area contributed by atoms with Crippen LogP contribution < -0.4 is 4.74 Å². The highest BCUT2D eigenvalue weighted by Gasteiger charge is 2.47. The lowest BCUT2D eigenvalue weighted by molar-refractivity contribution is -0.131. The SMILES string of the molecule is Cn1cnc(-c2ccccc2C(=O)N2CCC(F)(F)C(Oc3ccc4ccccc4n3)C2)c1. The number of rotatable bonds is 4. The van der Waals surface area contributed by atoms with Crippen LogP contribution in [0.2, 0.25) is 0 Å². The zero-order chi connectivity index (χ0) is 23.0. The summed E-state index contributed by atoms with van der Waals surface area (Å²) < 4.78 is 36.9. The maximum Gasteiger partial charge on any atom is 0.287 e. The van der Waals surface area contributed by atoms with E-state index in [9.17, 15) is 13.6 Å². The minimum Gasteiger partial charge on any atom is -0.466 e. The van der Waals surface area contributed by atoms with Crippen LogP contribution in [0.4, 0.5) is 8.78 Å². The van der Waals surface area contributed by atoms with E-state index in [1.54, 1.807) is 47.3 Å². The number of carbonyl (C=O) groups excluding carboxylic acids is 1. The van der Waals surface area contributed by atoms with Gasteiger partial charge < -0.3 is 14.2 Å². The number of para-hydroxylation sites is 1. The predicted octanol–water partition coefficient (Wildman–Crippen LogP) is 4.56. The van der Waals surface area contributed by atoms with Crippen molar-refractivity contribution in [1.82, 2.24) is 19.4 Å². The lowest BCUT2D eigenvalue weighted by atomic mass is 9.99. The molecule has 1 unspecified atom stereocenters. The monoisotopic (exact) mass is 448 g/mol. The molecule has 1 saturated heterocycles. The number of carbonyl (C=O) groups is 1. The third-order valence-electron chi connectivity index (χ3n) is 5.83. The van der Waals surface area contributed by atoms with Gasteiger partial charge >= 0.3 is 0 Å². The molecule has 1 amide bonds. The van der Waals surface area contributed by atoms with E-state index in [2.05, 4.69) is 9.97 Å². The van der Waals surface area contributed by atoms with Crippen LogP contribution in [-0.2, 0) is 7.05 Å². The standard InChI is InChI=1S/C25H22F2N4O2/c1-30-14-21(28-16-30)18-7-3-4-8-19(18)24(32)31-13-12-25(26,27)22(15-31)33-23-11-10-17-6-2-5-9-20(17)29-23/h2-11,14,16,22H,12-13,15H2,1H3. The number of fused-ring (bicyclic) bond motifs is 1. The molecule has 1 aliphatic rings. The van der Waals surface area contributed by atoms with Crippen LogP contribution in [0.3, 0.4) is 0 Å². The molecule has 0 spiro atoms. The van der Waals surface area contributed by atoms with E-state index < -0.39 is 18.4 Å². The number of benzene rings is 2. The number of alkyl halides is 2. The summed E-state index contributed by atoms with van der Waals surface area (Å²) in [6.45, 7) is -0.301. The number of ether oxygens (including phenoxy) is 1. The zero-order valence-corrected chi connectivity index (χ0v) is 18.0. The molecule has 6 nitrogen and oxygen atoms in total.